The Kier molecular flexibility index (Phi) is 5.54. The van der Waals surface area contributed by atoms with Gasteiger partial charge < -0.3 is 10.2 Å². The van der Waals surface area contributed by atoms with Gasteiger partial charge in [-0.25, -0.2) is 0 Å². The first-order valence-corrected chi connectivity index (χ1v) is 12.5. The van der Waals surface area contributed by atoms with E-state index in [1.165, 1.54) is 16.7 Å². The number of nitrogens with zero attached hydrogens (tertiary/aromatic N) is 3. The first-order chi connectivity index (χ1) is 17.4. The number of halogens is 3. The van der Waals surface area contributed by atoms with Crippen molar-refractivity contribution >= 4 is 38.8 Å². The van der Waals surface area contributed by atoms with Gasteiger partial charge in [-0.05, 0) is 64.4 Å². The Hall–Kier alpha value is -3.69. The predicted octanol–water partition coefficient (Wildman–Crippen LogP) is 5.70. The van der Waals surface area contributed by atoms with Gasteiger partial charge in [-0.3, -0.25) is 14.3 Å². The number of fused-ring (bicyclic) bond motifs is 3. The van der Waals surface area contributed by atoms with E-state index in [9.17, 15) is 18.0 Å². The lowest BCUT2D eigenvalue weighted by molar-refractivity contribution is -0.137. The van der Waals surface area contributed by atoms with E-state index in [4.69, 9.17) is 0 Å². The highest BCUT2D eigenvalue weighted by Crippen LogP contribution is 2.39. The third kappa shape index (κ3) is 3.94. The fraction of sp³-hybridized carbons (Fsp3) is 0.185. The first-order valence-electron chi connectivity index (χ1n) is 11.5. The Balaban J connectivity index is 1.61. The molecule has 0 unspecified atom stereocenters. The quantitative estimate of drug-likeness (QED) is 0.319. The Morgan fingerprint density at radius 3 is 2.53 bits per heavy atom. The van der Waals surface area contributed by atoms with E-state index in [0.29, 0.717) is 48.0 Å². The fourth-order valence-electron chi connectivity index (χ4n) is 4.85. The summed E-state index contributed by atoms with van der Waals surface area (Å²) in [6, 6.07) is 15.0. The number of aromatic nitrogens is 2. The maximum atomic E-state index is 14.2. The Morgan fingerprint density at radius 2 is 1.78 bits per heavy atom. The molecule has 4 heterocycles. The molecule has 1 fully saturated rings. The number of rotatable bonds is 3. The normalized spacial score (nSPS) is 14.6. The monoisotopic (exact) mass is 506 g/mol. The van der Waals surface area contributed by atoms with Gasteiger partial charge in [0, 0.05) is 54.9 Å². The molecule has 0 radical (unpaired) electrons. The van der Waals surface area contributed by atoms with Gasteiger partial charge in [-0.15, -0.1) is 0 Å². The third-order valence-corrected chi connectivity index (χ3v) is 7.26. The van der Waals surface area contributed by atoms with Gasteiger partial charge in [0.05, 0.1) is 22.3 Å². The van der Waals surface area contributed by atoms with Crippen LogP contribution in [0.15, 0.2) is 76.3 Å². The molecule has 0 spiro atoms. The molecule has 0 aliphatic carbocycles. The van der Waals surface area contributed by atoms with Crippen molar-refractivity contribution in [3.05, 3.63) is 87.5 Å². The van der Waals surface area contributed by atoms with E-state index in [0.717, 1.165) is 17.2 Å². The van der Waals surface area contributed by atoms with Crippen molar-refractivity contribution in [3.8, 4) is 16.8 Å². The van der Waals surface area contributed by atoms with Crippen LogP contribution in [-0.2, 0) is 6.18 Å². The zero-order valence-electron chi connectivity index (χ0n) is 19.0. The molecule has 6 rings (SSSR count). The molecule has 1 aliphatic rings. The summed E-state index contributed by atoms with van der Waals surface area (Å²) in [7, 11) is 0. The number of benzene rings is 2. The van der Waals surface area contributed by atoms with E-state index in [2.05, 4.69) is 10.3 Å². The van der Waals surface area contributed by atoms with Crippen LogP contribution in [0.4, 0.5) is 18.9 Å². The van der Waals surface area contributed by atoms with Crippen molar-refractivity contribution in [2.24, 2.45) is 0 Å². The Bertz CT molecular complexity index is 1640. The molecular formula is C27H21F3N4OS. The van der Waals surface area contributed by atoms with Gasteiger partial charge in [0.2, 0.25) is 0 Å². The lowest BCUT2D eigenvalue weighted by Gasteiger charge is -2.32. The number of nitrogens with one attached hydrogen (secondary N) is 1. The summed E-state index contributed by atoms with van der Waals surface area (Å²) in [5.41, 5.74) is 2.33. The Morgan fingerprint density at radius 1 is 0.944 bits per heavy atom. The molecule has 2 aromatic carbocycles. The second-order valence-corrected chi connectivity index (χ2v) is 9.53. The van der Waals surface area contributed by atoms with Crippen LogP contribution in [0, 0.1) is 0 Å². The summed E-state index contributed by atoms with van der Waals surface area (Å²) in [5, 5.41) is 8.55. The Labute approximate surface area is 208 Å². The van der Waals surface area contributed by atoms with Crippen molar-refractivity contribution in [2.45, 2.75) is 6.18 Å². The van der Waals surface area contributed by atoms with E-state index in [1.807, 2.05) is 35.0 Å². The number of alkyl halides is 3. The zero-order chi connectivity index (χ0) is 24.9. The summed E-state index contributed by atoms with van der Waals surface area (Å²) in [6.07, 6.45) is -2.92. The van der Waals surface area contributed by atoms with E-state index in [1.54, 1.807) is 34.6 Å². The molecule has 9 heteroatoms. The van der Waals surface area contributed by atoms with Gasteiger partial charge in [0.25, 0.3) is 5.56 Å². The lowest BCUT2D eigenvalue weighted by atomic mass is 10.0. The molecule has 1 saturated heterocycles. The minimum atomic E-state index is -4.57. The average Bonchev–Trinajstić information content (AvgIpc) is 3.43. The molecule has 1 N–H and O–H groups in total. The average molecular weight is 507 g/mol. The van der Waals surface area contributed by atoms with Crippen molar-refractivity contribution in [2.75, 3.05) is 31.1 Å². The van der Waals surface area contributed by atoms with Crippen LogP contribution in [0.2, 0.25) is 0 Å². The van der Waals surface area contributed by atoms with Crippen LogP contribution in [0.1, 0.15) is 5.56 Å². The molecule has 1 aliphatic heterocycles. The number of piperazine rings is 1. The molecule has 0 bridgehead atoms. The largest absolute Gasteiger partial charge is 0.418 e. The zero-order valence-corrected chi connectivity index (χ0v) is 19.9. The van der Waals surface area contributed by atoms with Gasteiger partial charge in [-0.2, -0.15) is 24.5 Å². The first kappa shape index (κ1) is 22.8. The molecule has 0 atom stereocenters. The molecule has 36 heavy (non-hydrogen) atoms. The van der Waals surface area contributed by atoms with Gasteiger partial charge in [-0.1, -0.05) is 6.07 Å². The molecule has 0 saturated carbocycles. The van der Waals surface area contributed by atoms with Crippen molar-refractivity contribution in [1.82, 2.24) is 14.9 Å². The third-order valence-electron chi connectivity index (χ3n) is 6.57. The highest BCUT2D eigenvalue weighted by atomic mass is 32.1. The predicted molar refractivity (Wildman–Crippen MR) is 138 cm³/mol. The number of hydrogen-bond acceptors (Lipinski definition) is 5. The number of thiophene rings is 1. The molecule has 0 amide bonds. The van der Waals surface area contributed by atoms with E-state index >= 15 is 0 Å². The molecule has 5 nitrogen and oxygen atoms in total. The maximum absolute atomic E-state index is 14.2. The van der Waals surface area contributed by atoms with Crippen LogP contribution in [0.5, 0.6) is 0 Å². The smallest absolute Gasteiger partial charge is 0.368 e. The topological polar surface area (TPSA) is 50.2 Å². The maximum Gasteiger partial charge on any atom is 0.418 e. The van der Waals surface area contributed by atoms with Gasteiger partial charge in [0.15, 0.2) is 0 Å². The lowest BCUT2D eigenvalue weighted by Crippen LogP contribution is -2.44. The van der Waals surface area contributed by atoms with Crippen LogP contribution < -0.4 is 15.8 Å². The standard InChI is InChI=1S/C27H21F3N4OS/c28-27(29,30)22-14-20(3-5-24(22)33-10-8-31-9-11-33)34-25(35)6-2-18-15-32-23-4-1-17(13-21(23)26(18)34)19-7-12-36-16-19/h1-7,12-16,31H,8-11H2. The minimum absolute atomic E-state index is 0.132. The molecule has 182 valence electrons. The second-order valence-electron chi connectivity index (χ2n) is 8.75. The number of hydrogen-bond donors (Lipinski definition) is 1. The van der Waals surface area contributed by atoms with E-state index in [-0.39, 0.29) is 11.4 Å². The van der Waals surface area contributed by atoms with Crippen LogP contribution in [0.3, 0.4) is 0 Å². The number of anilines is 1. The van der Waals surface area contributed by atoms with Crippen LogP contribution in [-0.4, -0.2) is 35.7 Å². The van der Waals surface area contributed by atoms with Gasteiger partial charge in [0.1, 0.15) is 0 Å². The molecule has 5 aromatic rings. The highest BCUT2D eigenvalue weighted by molar-refractivity contribution is 7.08. The van der Waals surface area contributed by atoms with Gasteiger partial charge >= 0.3 is 6.18 Å². The molecular weight excluding hydrogens is 485 g/mol. The SMILES string of the molecule is O=c1ccc2cnc3ccc(-c4ccsc4)cc3c2n1-c1ccc(N2CCNCC2)c(C(F)(F)F)c1. The number of pyridine rings is 2. The van der Waals surface area contributed by atoms with Crippen molar-refractivity contribution in [1.29, 1.82) is 0 Å². The summed E-state index contributed by atoms with van der Waals surface area (Å²) in [6.45, 7) is 2.21. The van der Waals surface area contributed by atoms with Crippen LogP contribution in [0.25, 0.3) is 38.6 Å². The highest BCUT2D eigenvalue weighted by Gasteiger charge is 2.36. The second kappa shape index (κ2) is 8.76. The van der Waals surface area contributed by atoms with Crippen LogP contribution >= 0.6 is 11.3 Å². The molecule has 3 aromatic heterocycles. The summed E-state index contributed by atoms with van der Waals surface area (Å²) >= 11 is 1.58. The van der Waals surface area contributed by atoms with Crippen molar-refractivity contribution < 1.29 is 13.2 Å². The summed E-state index contributed by atoms with van der Waals surface area (Å²) in [4.78, 5) is 19.4. The van der Waals surface area contributed by atoms with E-state index < -0.39 is 17.3 Å². The fourth-order valence-corrected chi connectivity index (χ4v) is 5.51. The summed E-state index contributed by atoms with van der Waals surface area (Å²) in [5.74, 6) is 0. The minimum Gasteiger partial charge on any atom is -0.368 e. The van der Waals surface area contributed by atoms with Crippen molar-refractivity contribution in [3.63, 3.8) is 0 Å². The summed E-state index contributed by atoms with van der Waals surface area (Å²) < 4.78 is 44.1.